The molecule has 2 saturated carbocycles. The predicted octanol–water partition coefficient (Wildman–Crippen LogP) is 1.92. The van der Waals surface area contributed by atoms with E-state index in [2.05, 4.69) is 20.8 Å². The van der Waals surface area contributed by atoms with Crippen molar-refractivity contribution in [3.8, 4) is 0 Å². The minimum atomic E-state index is -0.970. The number of carbonyl (C=O) groups is 4. The van der Waals surface area contributed by atoms with Crippen LogP contribution in [0.1, 0.15) is 64.9 Å². The molecule has 4 N–H and O–H groups in total. The highest BCUT2D eigenvalue weighted by atomic mass is 16.2. The van der Waals surface area contributed by atoms with E-state index in [1.165, 1.54) is 0 Å². The van der Waals surface area contributed by atoms with Crippen molar-refractivity contribution < 1.29 is 19.2 Å². The zero-order valence-corrected chi connectivity index (χ0v) is 21.3. The lowest BCUT2D eigenvalue weighted by Gasteiger charge is -2.33. The van der Waals surface area contributed by atoms with Gasteiger partial charge in [0.25, 0.3) is 11.8 Å². The molecule has 11 nitrogen and oxygen atoms in total. The monoisotopic (exact) mass is 527 g/mol. The van der Waals surface area contributed by atoms with E-state index in [-0.39, 0.29) is 30.0 Å². The van der Waals surface area contributed by atoms with Gasteiger partial charge in [0.1, 0.15) is 6.04 Å². The van der Waals surface area contributed by atoms with Gasteiger partial charge in [-0.15, -0.1) is 0 Å². The number of piperidine rings is 1. The largest absolute Gasteiger partial charge is 0.401 e. The molecule has 0 spiro atoms. The van der Waals surface area contributed by atoms with Gasteiger partial charge in [0.05, 0.1) is 22.9 Å². The Labute approximate surface area is 224 Å². The van der Waals surface area contributed by atoms with Gasteiger partial charge >= 0.3 is 0 Å². The van der Waals surface area contributed by atoms with Gasteiger partial charge in [0.15, 0.2) is 0 Å². The Morgan fingerprint density at radius 2 is 1.90 bits per heavy atom. The summed E-state index contributed by atoms with van der Waals surface area (Å²) in [6.07, 6.45) is 7.75. The van der Waals surface area contributed by atoms with Gasteiger partial charge < -0.3 is 11.1 Å². The van der Waals surface area contributed by atoms with Crippen molar-refractivity contribution in [2.24, 2.45) is 22.6 Å². The molecule has 0 bridgehead atoms. The number of aliphatic imine (C=N–C) groups is 1. The first-order valence-corrected chi connectivity index (χ1v) is 13.3. The molecule has 1 atom stereocenters. The number of hydrogen-bond donors (Lipinski definition) is 3. The molecule has 2 aliphatic heterocycles. The minimum Gasteiger partial charge on any atom is -0.401 e. The van der Waals surface area contributed by atoms with Crippen LogP contribution in [0.4, 0.5) is 5.69 Å². The molecule has 1 aromatic heterocycles. The second-order valence-corrected chi connectivity index (χ2v) is 10.6. The predicted molar refractivity (Wildman–Crippen MR) is 142 cm³/mol. The molecule has 1 unspecified atom stereocenters. The number of imide groups is 2. The quantitative estimate of drug-likeness (QED) is 0.347. The minimum absolute atomic E-state index is 0.0922. The van der Waals surface area contributed by atoms with Crippen LogP contribution in [-0.4, -0.2) is 63.6 Å². The van der Waals surface area contributed by atoms with Crippen LogP contribution in [0.2, 0.25) is 0 Å². The van der Waals surface area contributed by atoms with Gasteiger partial charge in [-0.25, -0.2) is 0 Å². The first-order chi connectivity index (χ1) is 18.9. The molecular formula is C28H29N7O4. The Hall–Kier alpha value is -4.41. The average Bonchev–Trinajstić information content (AvgIpc) is 3.73. The maximum atomic E-state index is 13.0. The van der Waals surface area contributed by atoms with E-state index in [1.54, 1.807) is 24.4 Å². The van der Waals surface area contributed by atoms with Crippen molar-refractivity contribution in [2.45, 2.75) is 50.6 Å². The number of amides is 4. The maximum absolute atomic E-state index is 13.0. The highest BCUT2D eigenvalue weighted by Crippen LogP contribution is 2.37. The highest BCUT2D eigenvalue weighted by Gasteiger charge is 2.44. The van der Waals surface area contributed by atoms with E-state index < -0.39 is 29.7 Å². The molecule has 1 saturated heterocycles. The SMILES string of the molecule is NC(=C(C=NC1CC(CNc2ccc3c(c2)C(=O)N(C2CCC(=O)NC2=O)C3=O)C1)c1cccnn1)C1CC1. The molecule has 2 aliphatic carbocycles. The summed E-state index contributed by atoms with van der Waals surface area (Å²) < 4.78 is 0. The van der Waals surface area contributed by atoms with E-state index in [4.69, 9.17) is 10.7 Å². The van der Waals surface area contributed by atoms with Gasteiger partial charge in [0.2, 0.25) is 11.8 Å². The van der Waals surface area contributed by atoms with Crippen LogP contribution in [0.3, 0.4) is 0 Å². The summed E-state index contributed by atoms with van der Waals surface area (Å²) in [6, 6.07) is 8.02. The van der Waals surface area contributed by atoms with Crippen LogP contribution < -0.4 is 16.4 Å². The zero-order chi connectivity index (χ0) is 27.1. The third-order valence-corrected chi connectivity index (χ3v) is 7.84. The number of hydrogen-bond acceptors (Lipinski definition) is 9. The van der Waals surface area contributed by atoms with Crippen LogP contribution in [0.15, 0.2) is 47.2 Å². The molecular weight excluding hydrogens is 498 g/mol. The van der Waals surface area contributed by atoms with Gasteiger partial charge in [-0.2, -0.15) is 10.2 Å². The van der Waals surface area contributed by atoms with E-state index in [0.717, 1.165) is 53.2 Å². The first kappa shape index (κ1) is 24.9. The van der Waals surface area contributed by atoms with E-state index in [9.17, 15) is 19.2 Å². The van der Waals surface area contributed by atoms with Crippen molar-refractivity contribution >= 4 is 41.1 Å². The lowest BCUT2D eigenvalue weighted by molar-refractivity contribution is -0.136. The molecule has 39 heavy (non-hydrogen) atoms. The van der Waals surface area contributed by atoms with E-state index >= 15 is 0 Å². The summed E-state index contributed by atoms with van der Waals surface area (Å²) in [4.78, 5) is 55.4. The molecule has 4 amide bonds. The van der Waals surface area contributed by atoms with Gasteiger partial charge in [0, 0.05) is 42.3 Å². The summed E-state index contributed by atoms with van der Waals surface area (Å²) in [7, 11) is 0. The topological polar surface area (TPSA) is 160 Å². The number of aromatic nitrogens is 2. The molecule has 0 radical (unpaired) electrons. The summed E-state index contributed by atoms with van der Waals surface area (Å²) >= 11 is 0. The molecule has 11 heteroatoms. The fourth-order valence-electron chi connectivity index (χ4n) is 5.36. The second kappa shape index (κ2) is 10.0. The molecule has 3 heterocycles. The molecule has 1 aromatic carbocycles. The smallest absolute Gasteiger partial charge is 0.262 e. The third kappa shape index (κ3) is 4.91. The Morgan fingerprint density at radius 3 is 2.62 bits per heavy atom. The molecule has 2 aromatic rings. The van der Waals surface area contributed by atoms with Gasteiger partial charge in [-0.3, -0.25) is 34.4 Å². The number of anilines is 1. The number of nitrogens with two attached hydrogens (primary N) is 1. The number of rotatable bonds is 8. The summed E-state index contributed by atoms with van der Waals surface area (Å²) in [6.45, 7) is 0.709. The standard InChI is InChI=1S/C28H29N7O4/c29-25(16-3-4-16)21(22-2-1-9-32-34-22)14-31-18-10-15(11-18)13-30-17-5-6-19-20(12-17)28(39)35(27(19)38)23-7-8-24(36)33-26(23)37/h1-2,5-6,9,12,14-16,18,23,30H,3-4,7-8,10-11,13,29H2,(H,33,36,37). The Balaban J connectivity index is 1.05. The molecule has 200 valence electrons. The van der Waals surface area contributed by atoms with Gasteiger partial charge in [-0.05, 0) is 74.3 Å². The highest BCUT2D eigenvalue weighted by molar-refractivity contribution is 6.23. The number of fused-ring (bicyclic) bond motifs is 1. The summed E-state index contributed by atoms with van der Waals surface area (Å²) in [5, 5.41) is 13.8. The van der Waals surface area contributed by atoms with Crippen molar-refractivity contribution in [3.05, 3.63) is 59.0 Å². The van der Waals surface area contributed by atoms with Crippen LogP contribution in [0.25, 0.3) is 5.57 Å². The fraction of sp³-hybridized carbons (Fsp3) is 0.393. The molecule has 3 fully saturated rings. The van der Waals surface area contributed by atoms with Crippen LogP contribution in [0, 0.1) is 11.8 Å². The lowest BCUT2D eigenvalue weighted by Crippen LogP contribution is -2.54. The van der Waals surface area contributed by atoms with E-state index in [0.29, 0.717) is 18.4 Å². The zero-order valence-electron chi connectivity index (χ0n) is 21.3. The third-order valence-electron chi connectivity index (χ3n) is 7.84. The Kier molecular flexibility index (Phi) is 6.41. The molecule has 4 aliphatic rings. The average molecular weight is 528 g/mol. The number of carbonyl (C=O) groups excluding carboxylic acids is 4. The van der Waals surface area contributed by atoms with Gasteiger partial charge in [-0.1, -0.05) is 0 Å². The van der Waals surface area contributed by atoms with Crippen molar-refractivity contribution in [2.75, 3.05) is 11.9 Å². The maximum Gasteiger partial charge on any atom is 0.262 e. The lowest BCUT2D eigenvalue weighted by atomic mass is 9.80. The summed E-state index contributed by atoms with van der Waals surface area (Å²) in [5.41, 5.74) is 10.1. The second-order valence-electron chi connectivity index (χ2n) is 10.6. The Bertz CT molecular complexity index is 1410. The number of nitrogens with zero attached hydrogens (tertiary/aromatic N) is 4. The summed E-state index contributed by atoms with van der Waals surface area (Å²) in [5.74, 6) is -1.21. The van der Waals surface area contributed by atoms with Crippen molar-refractivity contribution in [3.63, 3.8) is 0 Å². The number of benzene rings is 1. The Morgan fingerprint density at radius 1 is 1.10 bits per heavy atom. The molecule has 6 rings (SSSR count). The van der Waals surface area contributed by atoms with E-state index in [1.807, 2.05) is 18.3 Å². The normalized spacial score (nSPS) is 25.3. The number of allylic oxidation sites excluding steroid dienone is 2. The van der Waals surface area contributed by atoms with Crippen LogP contribution in [-0.2, 0) is 9.59 Å². The van der Waals surface area contributed by atoms with Crippen LogP contribution >= 0.6 is 0 Å². The van der Waals surface area contributed by atoms with Crippen molar-refractivity contribution in [1.29, 1.82) is 0 Å². The fourth-order valence-corrected chi connectivity index (χ4v) is 5.36. The first-order valence-electron chi connectivity index (χ1n) is 13.3. The number of nitrogens with one attached hydrogen (secondary N) is 2. The van der Waals surface area contributed by atoms with Crippen molar-refractivity contribution in [1.82, 2.24) is 20.4 Å². The van der Waals surface area contributed by atoms with Crippen LogP contribution in [0.5, 0.6) is 0 Å².